The molecule has 2 fully saturated rings. The first kappa shape index (κ1) is 18.4. The highest BCUT2D eigenvalue weighted by molar-refractivity contribution is 5.89. The average Bonchev–Trinajstić information content (AvgIpc) is 3.37. The Hall–Kier alpha value is -3.61. The van der Waals surface area contributed by atoms with Gasteiger partial charge in [-0.2, -0.15) is 9.61 Å². The van der Waals surface area contributed by atoms with Gasteiger partial charge < -0.3 is 16.0 Å². The van der Waals surface area contributed by atoms with Crippen molar-refractivity contribution in [3.8, 4) is 0 Å². The second kappa shape index (κ2) is 7.33. The van der Waals surface area contributed by atoms with Gasteiger partial charge in [-0.25, -0.2) is 4.98 Å². The largest absolute Gasteiger partial charge is 0.367 e. The summed E-state index contributed by atoms with van der Waals surface area (Å²) in [5.41, 5.74) is 4.30. The zero-order chi connectivity index (χ0) is 20.7. The lowest BCUT2D eigenvalue weighted by Gasteiger charge is -2.17. The molecule has 7 heteroatoms. The van der Waals surface area contributed by atoms with Crippen LogP contribution in [0.3, 0.4) is 0 Å². The molecule has 1 aliphatic heterocycles. The van der Waals surface area contributed by atoms with E-state index in [0.29, 0.717) is 18.2 Å². The first-order valence-electron chi connectivity index (χ1n) is 10.2. The van der Waals surface area contributed by atoms with Crippen molar-refractivity contribution in [2.75, 3.05) is 10.6 Å². The second-order valence-electron chi connectivity index (χ2n) is 7.93. The van der Waals surface area contributed by atoms with Gasteiger partial charge in [-0.15, -0.1) is 0 Å². The maximum atomic E-state index is 11.7. The highest BCUT2D eigenvalue weighted by Gasteiger charge is 2.24. The minimum Gasteiger partial charge on any atom is -0.367 e. The third-order valence-corrected chi connectivity index (χ3v) is 5.45. The minimum atomic E-state index is -0.0363. The number of rotatable bonds is 6. The molecule has 1 saturated heterocycles. The lowest BCUT2D eigenvalue weighted by Crippen LogP contribution is -2.12. The van der Waals surface area contributed by atoms with Gasteiger partial charge in [0.15, 0.2) is 5.65 Å². The van der Waals surface area contributed by atoms with Gasteiger partial charge in [-0.1, -0.05) is 36.9 Å². The number of hydrogen-bond donors (Lipinski definition) is 3. The number of allylic oxidation sites excluding steroid dienone is 1. The predicted molar refractivity (Wildman–Crippen MR) is 118 cm³/mol. The zero-order valence-electron chi connectivity index (χ0n) is 16.9. The Labute approximate surface area is 174 Å². The van der Waals surface area contributed by atoms with Gasteiger partial charge in [-0.05, 0) is 37.0 Å². The maximum Gasteiger partial charge on any atom is 0.228 e. The number of carbonyl (C=O) groups is 1. The zero-order valence-corrected chi connectivity index (χ0v) is 16.9. The second-order valence-corrected chi connectivity index (χ2v) is 7.93. The van der Waals surface area contributed by atoms with E-state index in [1.807, 2.05) is 34.9 Å². The summed E-state index contributed by atoms with van der Waals surface area (Å²) in [4.78, 5) is 16.5. The van der Waals surface area contributed by atoms with Crippen LogP contribution in [0.25, 0.3) is 11.7 Å². The number of benzene rings is 1. The van der Waals surface area contributed by atoms with E-state index in [9.17, 15) is 4.79 Å². The third-order valence-electron chi connectivity index (χ3n) is 5.45. The summed E-state index contributed by atoms with van der Waals surface area (Å²) in [5, 5.41) is 14.4. The fraction of sp³-hybridized carbons (Fsp3) is 0.261. The quantitative estimate of drug-likeness (QED) is 0.585. The van der Waals surface area contributed by atoms with Gasteiger partial charge in [0.05, 0.1) is 12.6 Å². The molecule has 152 valence electrons. The maximum absolute atomic E-state index is 11.7. The summed E-state index contributed by atoms with van der Waals surface area (Å²) in [6.45, 7) is 6.05. The van der Waals surface area contributed by atoms with Gasteiger partial charge in [0.1, 0.15) is 11.6 Å². The summed E-state index contributed by atoms with van der Waals surface area (Å²) in [5.74, 6) is 1.65. The van der Waals surface area contributed by atoms with Crippen LogP contribution in [0, 0.1) is 0 Å². The van der Waals surface area contributed by atoms with Gasteiger partial charge in [0.25, 0.3) is 0 Å². The van der Waals surface area contributed by atoms with Crippen LogP contribution in [0.1, 0.15) is 43.4 Å². The molecule has 1 atom stereocenters. The molecule has 3 aromatic rings. The molecule has 1 amide bonds. The minimum absolute atomic E-state index is 0.0363. The molecule has 0 bridgehead atoms. The van der Waals surface area contributed by atoms with Crippen molar-refractivity contribution in [3.05, 3.63) is 71.6 Å². The Morgan fingerprint density at radius 2 is 2.10 bits per heavy atom. The Balaban J connectivity index is 1.53. The Bertz CT molecular complexity index is 1160. The number of aromatic nitrogens is 3. The van der Waals surface area contributed by atoms with E-state index < -0.39 is 0 Å². The van der Waals surface area contributed by atoms with Crippen molar-refractivity contribution in [2.45, 2.75) is 38.3 Å². The van der Waals surface area contributed by atoms with Crippen LogP contribution < -0.4 is 16.0 Å². The van der Waals surface area contributed by atoms with Crippen LogP contribution in [-0.4, -0.2) is 26.5 Å². The van der Waals surface area contributed by atoms with Crippen LogP contribution in [0.2, 0.25) is 0 Å². The fourth-order valence-corrected chi connectivity index (χ4v) is 3.64. The number of nitrogens with one attached hydrogen (secondary N) is 3. The number of amides is 1. The molecule has 3 heterocycles. The summed E-state index contributed by atoms with van der Waals surface area (Å²) in [7, 11) is 0. The van der Waals surface area contributed by atoms with E-state index >= 15 is 0 Å². The molecule has 1 aromatic carbocycles. The van der Waals surface area contributed by atoms with E-state index in [-0.39, 0.29) is 11.9 Å². The molecular weight excluding hydrogens is 376 g/mol. The molecular formula is C23H24N6O. The van der Waals surface area contributed by atoms with Gasteiger partial charge >= 0.3 is 0 Å². The third kappa shape index (κ3) is 3.66. The Kier molecular flexibility index (Phi) is 4.50. The van der Waals surface area contributed by atoms with E-state index in [1.54, 1.807) is 6.20 Å². The molecule has 30 heavy (non-hydrogen) atoms. The SMILES string of the molecule is C=C1NC(=O)C/C1=C\c1cnn2c(NC3CC3)cc(N[C@@H](C)c3ccccc3)nc12. The highest BCUT2D eigenvalue weighted by Crippen LogP contribution is 2.29. The van der Waals surface area contributed by atoms with Crippen molar-refractivity contribution in [1.29, 1.82) is 0 Å². The van der Waals surface area contributed by atoms with E-state index in [1.165, 1.54) is 18.4 Å². The number of anilines is 2. The predicted octanol–water partition coefficient (Wildman–Crippen LogP) is 3.89. The van der Waals surface area contributed by atoms with E-state index in [2.05, 4.69) is 46.7 Å². The molecule has 0 unspecified atom stereocenters. The lowest BCUT2D eigenvalue weighted by atomic mass is 10.1. The molecule has 5 rings (SSSR count). The topological polar surface area (TPSA) is 83.4 Å². The normalized spacial score (nSPS) is 18.6. The number of hydrogen-bond acceptors (Lipinski definition) is 5. The first-order valence-corrected chi connectivity index (χ1v) is 10.2. The van der Waals surface area contributed by atoms with Gasteiger partial charge in [-0.3, -0.25) is 4.79 Å². The van der Waals surface area contributed by atoms with Gasteiger partial charge in [0.2, 0.25) is 5.91 Å². The molecule has 3 N–H and O–H groups in total. The van der Waals surface area contributed by atoms with Crippen LogP contribution in [0.15, 0.2) is 60.4 Å². The van der Waals surface area contributed by atoms with Crippen molar-refractivity contribution in [1.82, 2.24) is 19.9 Å². The first-order chi connectivity index (χ1) is 14.6. The Morgan fingerprint density at radius 3 is 2.80 bits per heavy atom. The standard InChI is InChI=1S/C23H24N6O/c1-14(16-6-4-3-5-7-16)25-20-12-21(27-19-8-9-19)29-23(28-20)18(13-24-29)10-17-11-22(30)26-15(17)2/h3-7,10,12-14,19,27H,2,8-9,11H2,1H3,(H,25,28)(H,26,30)/b17-10+/t14-/m0/s1. The molecule has 7 nitrogen and oxygen atoms in total. The van der Waals surface area contributed by atoms with Crippen molar-refractivity contribution in [3.63, 3.8) is 0 Å². The number of fused-ring (bicyclic) bond motifs is 1. The van der Waals surface area contributed by atoms with Crippen LogP contribution in [0.5, 0.6) is 0 Å². The van der Waals surface area contributed by atoms with Crippen molar-refractivity contribution >= 4 is 29.3 Å². The monoisotopic (exact) mass is 400 g/mol. The number of nitrogens with zero attached hydrogens (tertiary/aromatic N) is 3. The van der Waals surface area contributed by atoms with E-state index in [0.717, 1.165) is 28.4 Å². The Morgan fingerprint density at radius 1 is 1.30 bits per heavy atom. The summed E-state index contributed by atoms with van der Waals surface area (Å²) in [6, 6.07) is 12.9. The smallest absolute Gasteiger partial charge is 0.228 e. The fourth-order valence-electron chi connectivity index (χ4n) is 3.64. The summed E-state index contributed by atoms with van der Waals surface area (Å²) < 4.78 is 1.83. The van der Waals surface area contributed by atoms with Crippen molar-refractivity contribution in [2.24, 2.45) is 0 Å². The van der Waals surface area contributed by atoms with Crippen LogP contribution in [0.4, 0.5) is 11.6 Å². The molecule has 2 aliphatic rings. The molecule has 1 aliphatic carbocycles. The van der Waals surface area contributed by atoms with Crippen LogP contribution in [-0.2, 0) is 4.79 Å². The summed E-state index contributed by atoms with van der Waals surface area (Å²) >= 11 is 0. The number of carbonyl (C=O) groups excluding carboxylic acids is 1. The molecule has 2 aromatic heterocycles. The van der Waals surface area contributed by atoms with Crippen molar-refractivity contribution < 1.29 is 4.79 Å². The molecule has 1 saturated carbocycles. The summed E-state index contributed by atoms with van der Waals surface area (Å²) in [6.07, 6.45) is 6.39. The lowest BCUT2D eigenvalue weighted by molar-refractivity contribution is -0.118. The highest BCUT2D eigenvalue weighted by atomic mass is 16.1. The van der Waals surface area contributed by atoms with E-state index in [4.69, 9.17) is 4.98 Å². The molecule has 0 radical (unpaired) electrons. The molecule has 0 spiro atoms. The van der Waals surface area contributed by atoms with Crippen LogP contribution >= 0.6 is 0 Å². The average molecular weight is 400 g/mol. The van der Waals surface area contributed by atoms with Gasteiger partial charge in [0, 0.05) is 29.4 Å².